The lowest BCUT2D eigenvalue weighted by Crippen LogP contribution is -2.31. The van der Waals surface area contributed by atoms with E-state index in [9.17, 15) is 19.8 Å². The van der Waals surface area contributed by atoms with E-state index in [0.717, 1.165) is 11.1 Å². The van der Waals surface area contributed by atoms with Crippen LogP contribution in [0.25, 0.3) is 0 Å². The van der Waals surface area contributed by atoms with Crippen molar-refractivity contribution >= 4 is 11.7 Å². The largest absolute Gasteiger partial charge is 0.508 e. The predicted octanol–water partition coefficient (Wildman–Crippen LogP) is 2.34. The van der Waals surface area contributed by atoms with Crippen molar-refractivity contribution in [2.45, 2.75) is 26.3 Å². The quantitative estimate of drug-likeness (QED) is 0.345. The van der Waals surface area contributed by atoms with Gasteiger partial charge in [0.15, 0.2) is 5.78 Å². The Balaban J connectivity index is 2.19. The molecule has 1 aromatic carbocycles. The second kappa shape index (κ2) is 6.96. The van der Waals surface area contributed by atoms with Crippen LogP contribution in [0.5, 0.6) is 5.75 Å². The van der Waals surface area contributed by atoms with Crippen LogP contribution in [-0.4, -0.2) is 27.9 Å². The summed E-state index contributed by atoms with van der Waals surface area (Å²) in [5.41, 5.74) is 1.50. The van der Waals surface area contributed by atoms with E-state index in [1.807, 2.05) is 19.9 Å². The third-order valence-electron chi connectivity index (χ3n) is 3.69. The first-order valence-electron chi connectivity index (χ1n) is 7.29. The molecule has 1 aliphatic rings. The summed E-state index contributed by atoms with van der Waals surface area (Å²) in [6.07, 6.45) is 5.14. The zero-order valence-electron chi connectivity index (χ0n) is 13.0. The Bertz CT molecular complexity index is 711. The second-order valence-corrected chi connectivity index (χ2v) is 5.39. The lowest BCUT2D eigenvalue weighted by Gasteiger charge is -2.08. The first-order valence-corrected chi connectivity index (χ1v) is 7.29. The Morgan fingerprint density at radius 1 is 1.22 bits per heavy atom. The van der Waals surface area contributed by atoms with E-state index in [4.69, 9.17) is 0 Å². The van der Waals surface area contributed by atoms with Crippen molar-refractivity contribution in [1.82, 2.24) is 5.32 Å². The third kappa shape index (κ3) is 3.88. The fraction of sp³-hybridized carbons (Fsp3) is 0.222. The van der Waals surface area contributed by atoms with Crippen LogP contribution in [0.3, 0.4) is 0 Å². The normalized spacial score (nSPS) is 21.0. The molecule has 0 unspecified atom stereocenters. The Morgan fingerprint density at radius 3 is 2.48 bits per heavy atom. The highest BCUT2D eigenvalue weighted by atomic mass is 16.3. The SMILES string of the molecule is C/C=C(C)/C=C/C(O)=C1C(=O)N[C@@H](Cc2ccc(O)cc2)C1=O. The van der Waals surface area contributed by atoms with Gasteiger partial charge in [-0.25, -0.2) is 0 Å². The number of benzene rings is 1. The summed E-state index contributed by atoms with van der Waals surface area (Å²) in [6, 6.07) is 5.71. The van der Waals surface area contributed by atoms with E-state index < -0.39 is 17.7 Å². The molecule has 120 valence electrons. The van der Waals surface area contributed by atoms with Gasteiger partial charge in [0.05, 0.1) is 6.04 Å². The highest BCUT2D eigenvalue weighted by molar-refractivity contribution is 6.27. The number of phenolic OH excluding ortho intramolecular Hbond substituents is 1. The van der Waals surface area contributed by atoms with Crippen molar-refractivity contribution in [3.05, 3.63) is 65.0 Å². The number of ketones is 1. The summed E-state index contributed by atoms with van der Waals surface area (Å²) in [4.78, 5) is 24.3. The number of Topliss-reactive ketones (excluding diaryl/α,β-unsaturated/α-hetero) is 1. The zero-order valence-corrected chi connectivity index (χ0v) is 13.0. The molecule has 0 bridgehead atoms. The van der Waals surface area contributed by atoms with E-state index >= 15 is 0 Å². The lowest BCUT2D eigenvalue weighted by molar-refractivity contribution is -0.117. The van der Waals surface area contributed by atoms with Crippen molar-refractivity contribution in [3.63, 3.8) is 0 Å². The van der Waals surface area contributed by atoms with Crippen LogP contribution in [0.2, 0.25) is 0 Å². The van der Waals surface area contributed by atoms with E-state index in [0.29, 0.717) is 6.42 Å². The van der Waals surface area contributed by atoms with Crippen LogP contribution >= 0.6 is 0 Å². The van der Waals surface area contributed by atoms with Crippen LogP contribution in [0.15, 0.2) is 59.4 Å². The van der Waals surface area contributed by atoms with Crippen molar-refractivity contribution in [2.24, 2.45) is 0 Å². The molecule has 0 aliphatic carbocycles. The van der Waals surface area contributed by atoms with Crippen LogP contribution in [0, 0.1) is 0 Å². The Hall–Kier alpha value is -2.82. The molecule has 0 aromatic heterocycles. The van der Waals surface area contributed by atoms with Crippen molar-refractivity contribution in [2.75, 3.05) is 0 Å². The van der Waals surface area contributed by atoms with Gasteiger partial charge in [0.1, 0.15) is 17.1 Å². The van der Waals surface area contributed by atoms with Gasteiger partial charge in [-0.2, -0.15) is 0 Å². The van der Waals surface area contributed by atoms with Gasteiger partial charge in [-0.1, -0.05) is 29.9 Å². The molecular weight excluding hydrogens is 294 g/mol. The number of aromatic hydroxyl groups is 1. The van der Waals surface area contributed by atoms with Gasteiger partial charge >= 0.3 is 0 Å². The number of carbonyl (C=O) groups is 2. The molecule has 0 saturated carbocycles. The van der Waals surface area contributed by atoms with E-state index in [1.54, 1.807) is 18.2 Å². The molecule has 5 heteroatoms. The number of allylic oxidation sites excluding steroid dienone is 4. The third-order valence-corrected chi connectivity index (χ3v) is 3.69. The second-order valence-electron chi connectivity index (χ2n) is 5.39. The number of aliphatic hydroxyl groups is 1. The monoisotopic (exact) mass is 313 g/mol. The molecule has 5 nitrogen and oxygen atoms in total. The minimum Gasteiger partial charge on any atom is -0.508 e. The molecule has 0 radical (unpaired) electrons. The van der Waals surface area contributed by atoms with Crippen LogP contribution in [-0.2, 0) is 16.0 Å². The minimum atomic E-state index is -0.708. The van der Waals surface area contributed by atoms with Crippen molar-refractivity contribution < 1.29 is 19.8 Å². The van der Waals surface area contributed by atoms with Gasteiger partial charge in [0.2, 0.25) is 0 Å². The molecule has 1 fully saturated rings. The van der Waals surface area contributed by atoms with E-state index in [1.165, 1.54) is 18.2 Å². The van der Waals surface area contributed by atoms with Crippen LogP contribution < -0.4 is 5.32 Å². The van der Waals surface area contributed by atoms with E-state index in [2.05, 4.69) is 5.32 Å². The maximum atomic E-state index is 12.3. The van der Waals surface area contributed by atoms with Crippen LogP contribution in [0.1, 0.15) is 19.4 Å². The number of carbonyl (C=O) groups excluding carboxylic acids is 2. The number of nitrogens with one attached hydrogen (secondary N) is 1. The predicted molar refractivity (Wildman–Crippen MR) is 87.0 cm³/mol. The number of rotatable bonds is 4. The van der Waals surface area contributed by atoms with Crippen LogP contribution in [0.4, 0.5) is 0 Å². The molecule has 1 aromatic rings. The summed E-state index contributed by atoms with van der Waals surface area (Å²) >= 11 is 0. The summed E-state index contributed by atoms with van der Waals surface area (Å²) < 4.78 is 0. The fourth-order valence-corrected chi connectivity index (χ4v) is 2.23. The van der Waals surface area contributed by atoms with Gasteiger partial charge in [0.25, 0.3) is 5.91 Å². The molecule has 3 N–H and O–H groups in total. The molecule has 1 saturated heterocycles. The molecule has 0 spiro atoms. The maximum absolute atomic E-state index is 12.3. The molecule has 1 heterocycles. The Kier molecular flexibility index (Phi) is 5.01. The minimum absolute atomic E-state index is 0.137. The summed E-state index contributed by atoms with van der Waals surface area (Å²) in [5, 5.41) is 21.8. The summed E-state index contributed by atoms with van der Waals surface area (Å²) in [6.45, 7) is 3.70. The van der Waals surface area contributed by atoms with Gasteiger partial charge < -0.3 is 15.5 Å². The topological polar surface area (TPSA) is 86.6 Å². The first-order chi connectivity index (χ1) is 10.9. The highest BCUT2D eigenvalue weighted by Crippen LogP contribution is 2.19. The van der Waals surface area contributed by atoms with Crippen molar-refractivity contribution in [1.29, 1.82) is 0 Å². The number of hydrogen-bond donors (Lipinski definition) is 3. The fourth-order valence-electron chi connectivity index (χ4n) is 2.23. The number of amides is 1. The Labute approximate surface area is 134 Å². The first kappa shape index (κ1) is 16.5. The zero-order chi connectivity index (χ0) is 17.0. The molecule has 23 heavy (non-hydrogen) atoms. The number of aliphatic hydroxyl groups excluding tert-OH is 1. The van der Waals surface area contributed by atoms with Gasteiger partial charge in [-0.3, -0.25) is 9.59 Å². The Morgan fingerprint density at radius 2 is 1.87 bits per heavy atom. The smallest absolute Gasteiger partial charge is 0.259 e. The van der Waals surface area contributed by atoms with Gasteiger partial charge in [-0.05, 0) is 37.6 Å². The lowest BCUT2D eigenvalue weighted by atomic mass is 10.0. The number of hydrogen-bond acceptors (Lipinski definition) is 4. The standard InChI is InChI=1S/C18H19NO4/c1-3-11(2)4-9-15(21)16-17(22)14(19-18(16)23)10-12-5-7-13(20)8-6-12/h3-9,14,20-21H,10H2,1-2H3,(H,19,23)/b9-4+,11-3+,16-15?/t14-/m0/s1. The van der Waals surface area contributed by atoms with E-state index in [-0.39, 0.29) is 17.1 Å². The molecule has 1 atom stereocenters. The number of phenols is 1. The van der Waals surface area contributed by atoms with Gasteiger partial charge in [-0.15, -0.1) is 0 Å². The maximum Gasteiger partial charge on any atom is 0.259 e. The average Bonchev–Trinajstić information content (AvgIpc) is 2.81. The highest BCUT2D eigenvalue weighted by Gasteiger charge is 2.37. The molecular formula is C18H19NO4. The van der Waals surface area contributed by atoms with Crippen molar-refractivity contribution in [3.8, 4) is 5.75 Å². The molecule has 2 rings (SSSR count). The molecule has 1 aliphatic heterocycles. The summed E-state index contributed by atoms with van der Waals surface area (Å²) in [5.74, 6) is -1.19. The molecule has 1 amide bonds. The summed E-state index contributed by atoms with van der Waals surface area (Å²) in [7, 11) is 0. The average molecular weight is 313 g/mol. The van der Waals surface area contributed by atoms with Gasteiger partial charge in [0, 0.05) is 6.42 Å².